The maximum atomic E-state index is 12.3. The fourth-order valence-electron chi connectivity index (χ4n) is 3.45. The van der Waals surface area contributed by atoms with Gasteiger partial charge in [-0.3, -0.25) is 9.69 Å². The lowest BCUT2D eigenvalue weighted by atomic mass is 9.87. The number of aryl methyl sites for hydroxylation is 1. The molecule has 1 N–H and O–H groups in total. The second kappa shape index (κ2) is 9.07. The Morgan fingerprint density at radius 2 is 1.92 bits per heavy atom. The third kappa shape index (κ3) is 5.10. The first-order valence-corrected chi connectivity index (χ1v) is 9.95. The minimum absolute atomic E-state index is 0.110. The zero-order chi connectivity index (χ0) is 17.5. The largest absolute Gasteiger partial charge is 0.354 e. The van der Waals surface area contributed by atoms with Gasteiger partial charge in [-0.15, -0.1) is 11.8 Å². The Labute approximate surface area is 154 Å². The third-order valence-electron chi connectivity index (χ3n) is 4.70. The summed E-state index contributed by atoms with van der Waals surface area (Å²) in [6.07, 6.45) is 3.48. The molecule has 0 unspecified atom stereocenters. The molecule has 0 aromatic heterocycles. The van der Waals surface area contributed by atoms with Crippen molar-refractivity contribution in [2.24, 2.45) is 0 Å². The highest BCUT2D eigenvalue weighted by Gasteiger charge is 2.24. The van der Waals surface area contributed by atoms with Crippen molar-refractivity contribution in [3.63, 3.8) is 0 Å². The minimum Gasteiger partial charge on any atom is -0.354 e. The van der Waals surface area contributed by atoms with E-state index in [1.807, 2.05) is 18.2 Å². The smallest absolute Gasteiger partial charge is 0.234 e. The molecule has 1 aliphatic rings. The second-order valence-electron chi connectivity index (χ2n) is 6.53. The van der Waals surface area contributed by atoms with Gasteiger partial charge in [0.2, 0.25) is 5.91 Å². The molecule has 0 radical (unpaired) electrons. The van der Waals surface area contributed by atoms with E-state index in [0.717, 1.165) is 18.6 Å². The number of hydrogen-bond donors (Lipinski definition) is 1. The lowest BCUT2D eigenvalue weighted by Crippen LogP contribution is -2.38. The van der Waals surface area contributed by atoms with Gasteiger partial charge in [0.15, 0.2) is 0 Å². The molecular weight excluding hydrogens is 328 g/mol. The van der Waals surface area contributed by atoms with E-state index in [1.165, 1.54) is 22.4 Å². The molecule has 132 valence electrons. The SMILES string of the molecule is CN(CC(=O)NCCSc1ccccc1)[C@@H]1CCCc2ccccc21. The van der Waals surface area contributed by atoms with Crippen molar-refractivity contribution in [3.8, 4) is 0 Å². The Morgan fingerprint density at radius 1 is 1.16 bits per heavy atom. The summed E-state index contributed by atoms with van der Waals surface area (Å²) in [6, 6.07) is 19.3. The summed E-state index contributed by atoms with van der Waals surface area (Å²) in [7, 11) is 2.06. The van der Waals surface area contributed by atoms with Crippen LogP contribution in [0.25, 0.3) is 0 Å². The quantitative estimate of drug-likeness (QED) is 0.604. The monoisotopic (exact) mass is 354 g/mol. The summed E-state index contributed by atoms with van der Waals surface area (Å²) in [5.74, 6) is 1.00. The molecular formula is C21H26N2OS. The molecule has 0 saturated carbocycles. The van der Waals surface area contributed by atoms with Crippen LogP contribution in [0.4, 0.5) is 0 Å². The van der Waals surface area contributed by atoms with Gasteiger partial charge in [-0.25, -0.2) is 0 Å². The van der Waals surface area contributed by atoms with Crippen molar-refractivity contribution < 1.29 is 4.79 Å². The Bertz CT molecular complexity index is 689. The van der Waals surface area contributed by atoms with Gasteiger partial charge in [0.25, 0.3) is 0 Å². The summed E-state index contributed by atoms with van der Waals surface area (Å²) in [5.41, 5.74) is 2.83. The summed E-state index contributed by atoms with van der Waals surface area (Å²) in [6.45, 7) is 1.16. The average molecular weight is 355 g/mol. The van der Waals surface area contributed by atoms with Gasteiger partial charge < -0.3 is 5.32 Å². The summed E-state index contributed by atoms with van der Waals surface area (Å²) in [5, 5.41) is 3.05. The fourth-order valence-corrected chi connectivity index (χ4v) is 4.24. The highest BCUT2D eigenvalue weighted by atomic mass is 32.2. The van der Waals surface area contributed by atoms with Gasteiger partial charge in [-0.05, 0) is 49.6 Å². The Kier molecular flexibility index (Phi) is 6.54. The molecule has 0 heterocycles. The van der Waals surface area contributed by atoms with E-state index in [9.17, 15) is 4.79 Å². The van der Waals surface area contributed by atoms with E-state index in [2.05, 4.69) is 53.7 Å². The molecule has 25 heavy (non-hydrogen) atoms. The number of nitrogens with zero attached hydrogens (tertiary/aromatic N) is 1. The maximum Gasteiger partial charge on any atom is 0.234 e. The molecule has 0 fully saturated rings. The number of carbonyl (C=O) groups excluding carboxylic acids is 1. The van der Waals surface area contributed by atoms with Crippen molar-refractivity contribution in [1.82, 2.24) is 10.2 Å². The summed E-state index contributed by atoms with van der Waals surface area (Å²) in [4.78, 5) is 15.7. The maximum absolute atomic E-state index is 12.3. The van der Waals surface area contributed by atoms with Gasteiger partial charge in [0, 0.05) is 23.2 Å². The van der Waals surface area contributed by atoms with E-state index in [0.29, 0.717) is 19.1 Å². The number of fused-ring (bicyclic) bond motifs is 1. The number of hydrogen-bond acceptors (Lipinski definition) is 3. The molecule has 1 atom stereocenters. The Morgan fingerprint density at radius 3 is 2.76 bits per heavy atom. The number of benzene rings is 2. The normalized spacial score (nSPS) is 16.5. The molecule has 3 nitrogen and oxygen atoms in total. The zero-order valence-corrected chi connectivity index (χ0v) is 15.6. The van der Waals surface area contributed by atoms with Crippen LogP contribution in [-0.4, -0.2) is 36.7 Å². The van der Waals surface area contributed by atoms with Gasteiger partial charge in [0.05, 0.1) is 6.54 Å². The van der Waals surface area contributed by atoms with Crippen molar-refractivity contribution in [2.75, 3.05) is 25.9 Å². The first kappa shape index (κ1) is 18.0. The van der Waals surface area contributed by atoms with Crippen molar-refractivity contribution in [2.45, 2.75) is 30.2 Å². The fraction of sp³-hybridized carbons (Fsp3) is 0.381. The molecule has 2 aromatic carbocycles. The van der Waals surface area contributed by atoms with Crippen LogP contribution in [0.15, 0.2) is 59.5 Å². The molecule has 0 saturated heterocycles. The number of thioether (sulfide) groups is 1. The average Bonchev–Trinajstić information content (AvgIpc) is 2.65. The number of likely N-dealkylation sites (N-methyl/N-ethyl adjacent to an activating group) is 1. The van der Waals surface area contributed by atoms with E-state index in [4.69, 9.17) is 0 Å². The van der Waals surface area contributed by atoms with Crippen LogP contribution in [-0.2, 0) is 11.2 Å². The van der Waals surface area contributed by atoms with E-state index >= 15 is 0 Å². The van der Waals surface area contributed by atoms with Gasteiger partial charge in [-0.1, -0.05) is 42.5 Å². The lowest BCUT2D eigenvalue weighted by Gasteiger charge is -2.32. The van der Waals surface area contributed by atoms with Crippen LogP contribution in [0.3, 0.4) is 0 Å². The Hall–Kier alpha value is -1.78. The third-order valence-corrected chi connectivity index (χ3v) is 5.71. The standard InChI is InChI=1S/C21H26N2OS/c1-23(20-13-7-9-17-8-5-6-12-19(17)20)16-21(24)22-14-15-25-18-10-3-2-4-11-18/h2-6,8,10-12,20H,7,9,13-16H2,1H3,(H,22,24)/t20-/m1/s1. The summed E-state index contributed by atoms with van der Waals surface area (Å²) >= 11 is 1.77. The van der Waals surface area contributed by atoms with Gasteiger partial charge in [-0.2, -0.15) is 0 Å². The molecule has 4 heteroatoms. The van der Waals surface area contributed by atoms with Crippen molar-refractivity contribution in [3.05, 3.63) is 65.7 Å². The van der Waals surface area contributed by atoms with E-state index < -0.39 is 0 Å². The number of rotatable bonds is 7. The van der Waals surface area contributed by atoms with Crippen LogP contribution in [0, 0.1) is 0 Å². The molecule has 3 rings (SSSR count). The number of nitrogens with one attached hydrogen (secondary N) is 1. The highest BCUT2D eigenvalue weighted by Crippen LogP contribution is 2.33. The molecule has 1 aliphatic carbocycles. The molecule has 2 aromatic rings. The van der Waals surface area contributed by atoms with Crippen molar-refractivity contribution >= 4 is 17.7 Å². The zero-order valence-electron chi connectivity index (χ0n) is 14.8. The van der Waals surface area contributed by atoms with Crippen molar-refractivity contribution in [1.29, 1.82) is 0 Å². The first-order chi connectivity index (χ1) is 12.2. The van der Waals surface area contributed by atoms with Crippen LogP contribution >= 0.6 is 11.8 Å². The highest BCUT2D eigenvalue weighted by molar-refractivity contribution is 7.99. The number of carbonyl (C=O) groups is 1. The molecule has 0 aliphatic heterocycles. The van der Waals surface area contributed by atoms with Gasteiger partial charge >= 0.3 is 0 Å². The van der Waals surface area contributed by atoms with E-state index in [1.54, 1.807) is 11.8 Å². The first-order valence-electron chi connectivity index (χ1n) is 8.96. The topological polar surface area (TPSA) is 32.3 Å². The predicted molar refractivity (Wildman–Crippen MR) is 105 cm³/mol. The second-order valence-corrected chi connectivity index (χ2v) is 7.70. The summed E-state index contributed by atoms with van der Waals surface area (Å²) < 4.78 is 0. The van der Waals surface area contributed by atoms with Crippen LogP contribution in [0.2, 0.25) is 0 Å². The van der Waals surface area contributed by atoms with Crippen LogP contribution in [0.1, 0.15) is 30.0 Å². The van der Waals surface area contributed by atoms with Crippen LogP contribution in [0.5, 0.6) is 0 Å². The van der Waals surface area contributed by atoms with E-state index in [-0.39, 0.29) is 5.91 Å². The van der Waals surface area contributed by atoms with Crippen LogP contribution < -0.4 is 5.32 Å². The molecule has 0 spiro atoms. The lowest BCUT2D eigenvalue weighted by molar-refractivity contribution is -0.122. The van der Waals surface area contributed by atoms with Gasteiger partial charge in [0.1, 0.15) is 0 Å². The molecule has 1 amide bonds. The Balaban J connectivity index is 1.44. The predicted octanol–water partition coefficient (Wildman–Crippen LogP) is 3.90. The number of amides is 1. The minimum atomic E-state index is 0.110. The molecule has 0 bridgehead atoms.